The molecule has 0 unspecified atom stereocenters. The molecule has 8 aromatic carbocycles. The van der Waals surface area contributed by atoms with Crippen LogP contribution in [-0.2, 0) is 0 Å². The molecule has 4 heteroatoms. The lowest BCUT2D eigenvalue weighted by Gasteiger charge is -2.10. The second-order valence-corrected chi connectivity index (χ2v) is 13.7. The van der Waals surface area contributed by atoms with E-state index in [1.54, 1.807) is 0 Å². The minimum absolute atomic E-state index is 0.776. The van der Waals surface area contributed by atoms with Crippen molar-refractivity contribution < 1.29 is 8.83 Å². The van der Waals surface area contributed by atoms with Crippen LogP contribution >= 0.6 is 0 Å². The molecule has 0 aliphatic carbocycles. The van der Waals surface area contributed by atoms with E-state index in [9.17, 15) is 0 Å². The summed E-state index contributed by atoms with van der Waals surface area (Å²) in [5.41, 5.74) is 12.5. The van der Waals surface area contributed by atoms with Gasteiger partial charge in [0.2, 0.25) is 0 Å². The van der Waals surface area contributed by atoms with Gasteiger partial charge in [0, 0.05) is 54.5 Å². The van der Waals surface area contributed by atoms with Crippen LogP contribution in [0.5, 0.6) is 0 Å². The lowest BCUT2D eigenvalue weighted by atomic mass is 10.0. The van der Waals surface area contributed by atoms with Crippen molar-refractivity contribution in [2.45, 2.75) is 0 Å². The molecule has 0 atom stereocenters. The fraction of sp³-hybridized carbons (Fsp3) is 0. The van der Waals surface area contributed by atoms with Crippen LogP contribution in [0.4, 0.5) is 0 Å². The van der Waals surface area contributed by atoms with E-state index in [0.717, 1.165) is 66.4 Å². The van der Waals surface area contributed by atoms with E-state index in [2.05, 4.69) is 179 Å². The minimum atomic E-state index is 0.776. The van der Waals surface area contributed by atoms with Crippen molar-refractivity contribution in [1.82, 2.24) is 9.13 Å². The monoisotopic (exact) mass is 664 g/mol. The van der Waals surface area contributed by atoms with Gasteiger partial charge in [0.25, 0.3) is 0 Å². The topological polar surface area (TPSA) is 36.1 Å². The molecule has 0 amide bonds. The second kappa shape index (κ2) is 10.3. The number of benzene rings is 8. The zero-order valence-corrected chi connectivity index (χ0v) is 27.9. The number of aromatic nitrogens is 2. The number of hydrogen-bond acceptors (Lipinski definition) is 2. The Morgan fingerprint density at radius 2 is 0.731 bits per heavy atom. The zero-order valence-electron chi connectivity index (χ0n) is 27.9. The first-order valence-electron chi connectivity index (χ1n) is 17.7. The first-order valence-corrected chi connectivity index (χ1v) is 17.7. The highest BCUT2D eigenvalue weighted by atomic mass is 16.4. The molecule has 12 aromatic rings. The molecule has 0 aliphatic rings. The largest absolute Gasteiger partial charge is 0.452 e. The van der Waals surface area contributed by atoms with Crippen molar-refractivity contribution in [2.24, 2.45) is 0 Å². The van der Waals surface area contributed by atoms with Crippen molar-refractivity contribution in [3.8, 4) is 22.5 Å². The normalized spacial score (nSPS) is 12.2. The van der Waals surface area contributed by atoms with Gasteiger partial charge in [0.05, 0.1) is 22.1 Å². The molecule has 242 valence electrons. The first kappa shape index (κ1) is 27.7. The molecule has 0 saturated carbocycles. The van der Waals surface area contributed by atoms with Crippen LogP contribution in [0.25, 0.3) is 110 Å². The summed E-state index contributed by atoms with van der Waals surface area (Å²) in [7, 11) is 0. The third kappa shape index (κ3) is 3.75. The maximum atomic E-state index is 6.58. The molecule has 4 aromatic heterocycles. The average Bonchev–Trinajstić information content (AvgIpc) is 3.95. The van der Waals surface area contributed by atoms with Gasteiger partial charge in [-0.15, -0.1) is 0 Å². The summed E-state index contributed by atoms with van der Waals surface area (Å²) in [6.07, 6.45) is 0. The Bertz CT molecular complexity index is 3320. The van der Waals surface area contributed by atoms with Crippen LogP contribution < -0.4 is 0 Å². The Hall–Kier alpha value is -7.04. The van der Waals surface area contributed by atoms with Crippen LogP contribution in [0, 0.1) is 0 Å². The molecule has 0 radical (unpaired) electrons. The van der Waals surface area contributed by atoms with Gasteiger partial charge in [-0.25, -0.2) is 0 Å². The lowest BCUT2D eigenvalue weighted by molar-refractivity contribution is 0.633. The number of para-hydroxylation sites is 4. The summed E-state index contributed by atoms with van der Waals surface area (Å²) in [5, 5.41) is 9.24. The van der Waals surface area contributed by atoms with Gasteiger partial charge in [0.1, 0.15) is 11.2 Å². The molecule has 0 N–H and O–H groups in total. The Labute approximate surface area is 296 Å². The predicted molar refractivity (Wildman–Crippen MR) is 215 cm³/mol. The Kier molecular flexibility index (Phi) is 5.47. The number of fused-ring (bicyclic) bond motifs is 13. The molecule has 0 aliphatic heterocycles. The maximum absolute atomic E-state index is 6.58. The summed E-state index contributed by atoms with van der Waals surface area (Å²) < 4.78 is 17.9. The zero-order chi connectivity index (χ0) is 33.9. The van der Waals surface area contributed by atoms with Crippen molar-refractivity contribution in [3.63, 3.8) is 0 Å². The quantitative estimate of drug-likeness (QED) is 0.188. The Balaban J connectivity index is 1.00. The van der Waals surface area contributed by atoms with Gasteiger partial charge in [-0.05, 0) is 90.0 Å². The number of rotatable bonds is 3. The first-order chi connectivity index (χ1) is 25.8. The molecule has 4 heterocycles. The van der Waals surface area contributed by atoms with Crippen LogP contribution in [0.15, 0.2) is 179 Å². The fourth-order valence-electron chi connectivity index (χ4n) is 8.60. The maximum Gasteiger partial charge on any atom is 0.178 e. The van der Waals surface area contributed by atoms with E-state index in [-0.39, 0.29) is 0 Å². The summed E-state index contributed by atoms with van der Waals surface area (Å²) in [5.74, 6) is 0. The van der Waals surface area contributed by atoms with E-state index in [1.165, 1.54) is 43.6 Å². The standard InChI is InChI=1S/C48H28N2O2/c1-5-16-41-33(12-1)34-13-2-6-17-42(34)49(41)31-11-9-10-29(26-31)30-20-24-45-39(27-30)37-22-23-38-40-28-32(21-25-46(40)52-48(38)47(37)51-45)50-43-18-7-3-14-35(43)36-15-4-8-19-44(36)50/h1-28H. The third-order valence-corrected chi connectivity index (χ3v) is 10.9. The summed E-state index contributed by atoms with van der Waals surface area (Å²) in [6, 6.07) is 60.7. The van der Waals surface area contributed by atoms with E-state index in [1.807, 2.05) is 0 Å². The molecule has 4 nitrogen and oxygen atoms in total. The van der Waals surface area contributed by atoms with Gasteiger partial charge in [0.15, 0.2) is 11.2 Å². The van der Waals surface area contributed by atoms with Crippen molar-refractivity contribution in [3.05, 3.63) is 170 Å². The fourth-order valence-corrected chi connectivity index (χ4v) is 8.60. The molecule has 12 rings (SSSR count). The minimum Gasteiger partial charge on any atom is -0.452 e. The smallest absolute Gasteiger partial charge is 0.178 e. The SMILES string of the molecule is c1cc(-c2ccc3oc4c(ccc5c6cc(-n7c8ccccc8c8ccccc87)ccc6oc54)c3c2)cc(-n2c3ccccc3c3ccccc32)c1. The van der Waals surface area contributed by atoms with Gasteiger partial charge < -0.3 is 18.0 Å². The molecule has 0 bridgehead atoms. The number of hydrogen-bond donors (Lipinski definition) is 0. The molecule has 0 saturated heterocycles. The second-order valence-electron chi connectivity index (χ2n) is 13.7. The molecule has 0 fully saturated rings. The summed E-state index contributed by atoms with van der Waals surface area (Å²) >= 11 is 0. The molecular formula is C48H28N2O2. The van der Waals surface area contributed by atoms with Gasteiger partial charge in [-0.3, -0.25) is 0 Å². The number of furan rings is 2. The lowest BCUT2D eigenvalue weighted by Crippen LogP contribution is -1.94. The van der Waals surface area contributed by atoms with Gasteiger partial charge in [-0.1, -0.05) is 91.0 Å². The Morgan fingerprint density at radius 1 is 0.288 bits per heavy atom. The summed E-state index contributed by atoms with van der Waals surface area (Å²) in [6.45, 7) is 0. The van der Waals surface area contributed by atoms with E-state index in [4.69, 9.17) is 8.83 Å². The Morgan fingerprint density at radius 3 is 1.27 bits per heavy atom. The van der Waals surface area contributed by atoms with Crippen molar-refractivity contribution in [1.29, 1.82) is 0 Å². The van der Waals surface area contributed by atoms with E-state index in [0.29, 0.717) is 0 Å². The van der Waals surface area contributed by atoms with Gasteiger partial charge >= 0.3 is 0 Å². The van der Waals surface area contributed by atoms with Crippen LogP contribution in [0.3, 0.4) is 0 Å². The van der Waals surface area contributed by atoms with E-state index >= 15 is 0 Å². The highest BCUT2D eigenvalue weighted by Gasteiger charge is 2.19. The van der Waals surface area contributed by atoms with Crippen molar-refractivity contribution in [2.75, 3.05) is 0 Å². The molecule has 0 spiro atoms. The third-order valence-electron chi connectivity index (χ3n) is 10.9. The van der Waals surface area contributed by atoms with E-state index < -0.39 is 0 Å². The highest BCUT2D eigenvalue weighted by Crippen LogP contribution is 2.41. The summed E-state index contributed by atoms with van der Waals surface area (Å²) in [4.78, 5) is 0. The highest BCUT2D eigenvalue weighted by molar-refractivity contribution is 6.20. The predicted octanol–water partition coefficient (Wildman–Crippen LogP) is 13.3. The van der Waals surface area contributed by atoms with Crippen LogP contribution in [-0.4, -0.2) is 9.13 Å². The van der Waals surface area contributed by atoms with Crippen LogP contribution in [0.1, 0.15) is 0 Å². The van der Waals surface area contributed by atoms with Gasteiger partial charge in [-0.2, -0.15) is 0 Å². The van der Waals surface area contributed by atoms with Crippen LogP contribution in [0.2, 0.25) is 0 Å². The molecular weight excluding hydrogens is 637 g/mol. The van der Waals surface area contributed by atoms with Crippen molar-refractivity contribution >= 4 is 87.5 Å². The average molecular weight is 665 g/mol. The number of nitrogens with zero attached hydrogens (tertiary/aromatic N) is 2. The molecule has 52 heavy (non-hydrogen) atoms.